The molecule has 2 unspecified atom stereocenters. The summed E-state index contributed by atoms with van der Waals surface area (Å²) in [6, 6.07) is 11.1. The number of hydrogen-bond donors (Lipinski definition) is 2. The lowest BCUT2D eigenvalue weighted by Gasteiger charge is -2.37. The molecule has 5 rings (SSSR count). The lowest BCUT2D eigenvalue weighted by molar-refractivity contribution is 0.162. The number of nitrogens with one attached hydrogen (secondary N) is 2. The molecule has 2 saturated carbocycles. The predicted molar refractivity (Wildman–Crippen MR) is 95.0 cm³/mol. The van der Waals surface area contributed by atoms with Crippen LogP contribution in [0.25, 0.3) is 0 Å². The summed E-state index contributed by atoms with van der Waals surface area (Å²) < 4.78 is 0. The Morgan fingerprint density at radius 3 is 2.45 bits per heavy atom. The summed E-state index contributed by atoms with van der Waals surface area (Å²) in [6.07, 6.45) is 7.01. The van der Waals surface area contributed by atoms with Crippen molar-refractivity contribution < 1.29 is 0 Å². The Labute approximate surface area is 139 Å². The minimum atomic E-state index is 0. The van der Waals surface area contributed by atoms with Crippen LogP contribution in [0.5, 0.6) is 0 Å². The van der Waals surface area contributed by atoms with E-state index in [1.807, 2.05) is 6.07 Å². The van der Waals surface area contributed by atoms with Crippen molar-refractivity contribution in [2.75, 3.05) is 18.4 Å². The van der Waals surface area contributed by atoms with Gasteiger partial charge in [-0.25, -0.2) is 0 Å². The van der Waals surface area contributed by atoms with E-state index in [4.69, 9.17) is 4.99 Å². The van der Waals surface area contributed by atoms with Crippen molar-refractivity contribution in [2.24, 2.45) is 22.7 Å². The number of rotatable bonds is 4. The van der Waals surface area contributed by atoms with E-state index in [2.05, 4.69) is 34.9 Å². The monoisotopic (exact) mass is 319 g/mol. The molecule has 0 aromatic heterocycles. The lowest BCUT2D eigenvalue weighted by Crippen LogP contribution is -2.36. The van der Waals surface area contributed by atoms with E-state index in [0.717, 1.165) is 30.8 Å². The molecule has 1 aromatic carbocycles. The van der Waals surface area contributed by atoms with Crippen LogP contribution < -0.4 is 10.6 Å². The van der Waals surface area contributed by atoms with E-state index >= 15 is 0 Å². The molecule has 2 aliphatic heterocycles. The molecule has 22 heavy (non-hydrogen) atoms. The maximum atomic E-state index is 4.90. The SMILES string of the molecule is Cl.c1ccc(NCCN=C2NC3CC4CC(C3)CC2C4)cc1. The Balaban J connectivity index is 0.00000144. The zero-order valence-corrected chi connectivity index (χ0v) is 13.8. The van der Waals surface area contributed by atoms with Crippen LogP contribution in [0.1, 0.15) is 32.1 Å². The molecule has 4 bridgehead atoms. The highest BCUT2D eigenvalue weighted by Crippen LogP contribution is 2.45. The van der Waals surface area contributed by atoms with Crippen molar-refractivity contribution in [1.29, 1.82) is 0 Å². The number of halogens is 1. The summed E-state index contributed by atoms with van der Waals surface area (Å²) in [7, 11) is 0. The van der Waals surface area contributed by atoms with Crippen molar-refractivity contribution in [3.63, 3.8) is 0 Å². The molecular weight excluding hydrogens is 294 g/mol. The molecule has 0 radical (unpaired) electrons. The third-order valence-corrected chi connectivity index (χ3v) is 5.37. The van der Waals surface area contributed by atoms with E-state index in [1.165, 1.54) is 43.6 Å². The highest BCUT2D eigenvalue weighted by atomic mass is 35.5. The van der Waals surface area contributed by atoms with Crippen LogP contribution in [0.15, 0.2) is 35.3 Å². The predicted octanol–water partition coefficient (Wildman–Crippen LogP) is 3.72. The molecule has 3 nitrogen and oxygen atoms in total. The smallest absolute Gasteiger partial charge is 0.0997 e. The van der Waals surface area contributed by atoms with Crippen LogP contribution >= 0.6 is 12.4 Å². The third kappa shape index (κ3) is 3.40. The van der Waals surface area contributed by atoms with Crippen LogP contribution in [-0.2, 0) is 0 Å². The summed E-state index contributed by atoms with van der Waals surface area (Å²) >= 11 is 0. The minimum absolute atomic E-state index is 0. The summed E-state index contributed by atoms with van der Waals surface area (Å²) in [5.41, 5.74) is 1.19. The minimum Gasteiger partial charge on any atom is -0.383 e. The Bertz CT molecular complexity index is 502. The number of hydrogen-bond acceptors (Lipinski definition) is 2. The molecule has 2 heterocycles. The van der Waals surface area contributed by atoms with Crippen LogP contribution in [-0.4, -0.2) is 25.0 Å². The van der Waals surface area contributed by atoms with Gasteiger partial charge in [-0.15, -0.1) is 12.4 Å². The van der Waals surface area contributed by atoms with Crippen LogP contribution in [0.2, 0.25) is 0 Å². The summed E-state index contributed by atoms with van der Waals surface area (Å²) in [6.45, 7) is 1.79. The molecule has 0 spiro atoms. The first-order chi connectivity index (χ1) is 10.4. The molecule has 120 valence electrons. The van der Waals surface area contributed by atoms with Gasteiger partial charge in [0.25, 0.3) is 0 Å². The standard InChI is InChI=1S/C18H25N3.ClH/c1-2-4-16(5-3-1)19-6-7-20-18-15-9-13-8-14(10-15)12-17(11-13)21-18;/h1-5,13-15,17,19H,6-12H2,(H,20,21);1H. The van der Waals surface area contributed by atoms with Gasteiger partial charge in [-0.1, -0.05) is 18.2 Å². The average Bonchev–Trinajstić information content (AvgIpc) is 2.68. The fourth-order valence-electron chi connectivity index (χ4n) is 4.63. The summed E-state index contributed by atoms with van der Waals surface area (Å²) in [5, 5.41) is 7.20. The van der Waals surface area contributed by atoms with Crippen molar-refractivity contribution in [3.05, 3.63) is 30.3 Å². The number of amidine groups is 1. The number of para-hydroxylation sites is 1. The molecule has 0 amide bonds. The van der Waals surface area contributed by atoms with Crippen LogP contribution in [0.4, 0.5) is 5.69 Å². The maximum Gasteiger partial charge on any atom is 0.0997 e. The molecule has 2 saturated heterocycles. The van der Waals surface area contributed by atoms with Gasteiger partial charge >= 0.3 is 0 Å². The van der Waals surface area contributed by atoms with E-state index in [0.29, 0.717) is 6.04 Å². The molecule has 2 atom stereocenters. The van der Waals surface area contributed by atoms with Gasteiger partial charge in [-0.3, -0.25) is 4.99 Å². The fraction of sp³-hybridized carbons (Fsp3) is 0.611. The van der Waals surface area contributed by atoms with Crippen molar-refractivity contribution in [2.45, 2.75) is 38.1 Å². The quantitative estimate of drug-likeness (QED) is 0.830. The van der Waals surface area contributed by atoms with Crippen LogP contribution in [0, 0.1) is 17.8 Å². The summed E-state index contributed by atoms with van der Waals surface area (Å²) in [4.78, 5) is 4.90. The molecule has 4 fully saturated rings. The Morgan fingerprint density at radius 1 is 1.00 bits per heavy atom. The van der Waals surface area contributed by atoms with Gasteiger partial charge in [0.1, 0.15) is 0 Å². The molecule has 2 N–H and O–H groups in total. The lowest BCUT2D eigenvalue weighted by atomic mass is 9.68. The van der Waals surface area contributed by atoms with Gasteiger partial charge in [0, 0.05) is 24.2 Å². The third-order valence-electron chi connectivity index (χ3n) is 5.37. The first-order valence-corrected chi connectivity index (χ1v) is 8.46. The molecule has 1 aromatic rings. The van der Waals surface area contributed by atoms with Crippen molar-refractivity contribution >= 4 is 23.9 Å². The maximum absolute atomic E-state index is 4.90. The van der Waals surface area contributed by atoms with Crippen molar-refractivity contribution in [3.8, 4) is 0 Å². The second-order valence-corrected chi connectivity index (χ2v) is 7.01. The number of aliphatic imine (C=N–C) groups is 1. The van der Waals surface area contributed by atoms with Gasteiger partial charge in [0.2, 0.25) is 0 Å². The normalized spacial score (nSPS) is 33.9. The van der Waals surface area contributed by atoms with E-state index in [9.17, 15) is 0 Å². The van der Waals surface area contributed by atoms with E-state index in [1.54, 1.807) is 0 Å². The van der Waals surface area contributed by atoms with Crippen LogP contribution in [0.3, 0.4) is 0 Å². The van der Waals surface area contributed by atoms with Gasteiger partial charge in [-0.05, 0) is 56.1 Å². The first kappa shape index (κ1) is 15.7. The molecule has 4 heteroatoms. The summed E-state index contributed by atoms with van der Waals surface area (Å²) in [5.74, 6) is 3.97. The zero-order valence-electron chi connectivity index (χ0n) is 13.0. The number of anilines is 1. The Hall–Kier alpha value is -1.22. The molecular formula is C18H26ClN3. The topological polar surface area (TPSA) is 36.4 Å². The van der Waals surface area contributed by atoms with E-state index in [-0.39, 0.29) is 12.4 Å². The first-order valence-electron chi connectivity index (χ1n) is 8.46. The number of nitrogens with zero attached hydrogens (tertiary/aromatic N) is 1. The highest BCUT2D eigenvalue weighted by molar-refractivity contribution is 5.86. The molecule has 2 aliphatic carbocycles. The van der Waals surface area contributed by atoms with Gasteiger partial charge < -0.3 is 10.6 Å². The average molecular weight is 320 g/mol. The van der Waals surface area contributed by atoms with Crippen molar-refractivity contribution in [1.82, 2.24) is 5.32 Å². The molecule has 4 aliphatic rings. The highest BCUT2D eigenvalue weighted by Gasteiger charge is 2.41. The second-order valence-electron chi connectivity index (χ2n) is 7.01. The van der Waals surface area contributed by atoms with Gasteiger partial charge in [0.15, 0.2) is 0 Å². The zero-order chi connectivity index (χ0) is 14.1. The van der Waals surface area contributed by atoms with Gasteiger partial charge in [0.05, 0.1) is 12.4 Å². The Kier molecular flexibility index (Phi) is 4.92. The fourth-order valence-corrected chi connectivity index (χ4v) is 4.63. The Morgan fingerprint density at radius 2 is 1.73 bits per heavy atom. The number of benzene rings is 1. The van der Waals surface area contributed by atoms with E-state index < -0.39 is 0 Å². The number of fused-ring (bicyclic) bond motifs is 1. The largest absolute Gasteiger partial charge is 0.383 e. The second kappa shape index (κ2) is 6.91. The van der Waals surface area contributed by atoms with Gasteiger partial charge in [-0.2, -0.15) is 0 Å².